The summed E-state index contributed by atoms with van der Waals surface area (Å²) in [4.78, 5) is 2.74. The number of aromatic amines is 1. The summed E-state index contributed by atoms with van der Waals surface area (Å²) < 4.78 is 29.9. The van der Waals surface area contributed by atoms with Crippen LogP contribution in [-0.2, 0) is 0 Å². The summed E-state index contributed by atoms with van der Waals surface area (Å²) in [7, 11) is 0. The number of halogens is 4. The minimum Gasteiger partial charge on any atom is -0.328 e. The van der Waals surface area contributed by atoms with E-state index in [-0.39, 0.29) is 10.3 Å². The number of nitrogens with zero attached hydrogens (tertiary/aromatic N) is 1. The third-order valence-electron chi connectivity index (χ3n) is 2.86. The lowest BCUT2D eigenvalue weighted by atomic mass is 10.2. The molecule has 0 atom stereocenters. The van der Waals surface area contributed by atoms with E-state index in [1.54, 1.807) is 12.1 Å². The van der Waals surface area contributed by atoms with Gasteiger partial charge in [0.15, 0.2) is 10.6 Å². The van der Waals surface area contributed by atoms with E-state index >= 15 is 0 Å². The molecule has 0 radical (unpaired) electrons. The molecular weight excluding hydrogens is 417 g/mol. The van der Waals surface area contributed by atoms with E-state index in [1.807, 2.05) is 6.07 Å². The zero-order chi connectivity index (χ0) is 14.4. The molecule has 0 aliphatic carbocycles. The molecule has 0 amide bonds. The van der Waals surface area contributed by atoms with Crippen molar-refractivity contribution >= 4 is 57.4 Å². The van der Waals surface area contributed by atoms with Gasteiger partial charge < -0.3 is 4.98 Å². The highest BCUT2D eigenvalue weighted by Crippen LogP contribution is 2.28. The molecule has 0 fully saturated rings. The highest BCUT2D eigenvalue weighted by molar-refractivity contribution is 14.1. The second-order valence-electron chi connectivity index (χ2n) is 4.14. The van der Waals surface area contributed by atoms with Gasteiger partial charge in [-0.15, -0.1) is 0 Å². The second-order valence-corrected chi connectivity index (χ2v) is 6.18. The summed E-state index contributed by atoms with van der Waals surface area (Å²) in [6, 6.07) is 7.40. The van der Waals surface area contributed by atoms with Gasteiger partial charge >= 0.3 is 0 Å². The highest BCUT2D eigenvalue weighted by Gasteiger charge is 2.14. The lowest BCUT2D eigenvalue weighted by molar-refractivity contribution is 0.590. The van der Waals surface area contributed by atoms with Crippen LogP contribution in [0.5, 0.6) is 0 Å². The Labute approximate surface area is 136 Å². The van der Waals surface area contributed by atoms with Gasteiger partial charge in [-0.25, -0.2) is 8.78 Å². The van der Waals surface area contributed by atoms with Crippen molar-refractivity contribution in [3.8, 4) is 5.69 Å². The van der Waals surface area contributed by atoms with Gasteiger partial charge in [-0.1, -0.05) is 11.6 Å². The van der Waals surface area contributed by atoms with Crippen LogP contribution in [0, 0.1) is 20.0 Å². The van der Waals surface area contributed by atoms with Gasteiger partial charge in [-0.2, -0.15) is 0 Å². The molecule has 7 heteroatoms. The van der Waals surface area contributed by atoms with E-state index in [4.69, 9.17) is 23.8 Å². The maximum atomic E-state index is 13.8. The fourth-order valence-electron chi connectivity index (χ4n) is 2.03. The fourth-order valence-corrected chi connectivity index (χ4v) is 3.27. The van der Waals surface area contributed by atoms with Crippen LogP contribution in [0.15, 0.2) is 30.3 Å². The Morgan fingerprint density at radius 2 is 1.95 bits per heavy atom. The Hall–Kier alpha value is -0.990. The van der Waals surface area contributed by atoms with Crippen LogP contribution in [0.2, 0.25) is 5.02 Å². The maximum absolute atomic E-state index is 13.8. The summed E-state index contributed by atoms with van der Waals surface area (Å²) in [6.45, 7) is 0. The molecule has 0 aliphatic rings. The number of imidazole rings is 1. The van der Waals surface area contributed by atoms with Crippen molar-refractivity contribution in [3.63, 3.8) is 0 Å². The van der Waals surface area contributed by atoms with E-state index in [2.05, 4.69) is 27.6 Å². The molecule has 0 aliphatic heterocycles. The molecule has 3 aromatic rings. The molecule has 0 saturated carbocycles. The van der Waals surface area contributed by atoms with Crippen molar-refractivity contribution in [1.29, 1.82) is 0 Å². The summed E-state index contributed by atoms with van der Waals surface area (Å²) in [6.07, 6.45) is 0. The largest absolute Gasteiger partial charge is 0.328 e. The normalized spacial score (nSPS) is 11.2. The molecule has 1 heterocycles. The Bertz CT molecular complexity index is 888. The molecule has 1 aromatic heterocycles. The Morgan fingerprint density at radius 3 is 2.65 bits per heavy atom. The van der Waals surface area contributed by atoms with Gasteiger partial charge in [0.25, 0.3) is 0 Å². The Balaban J connectivity index is 2.42. The van der Waals surface area contributed by atoms with E-state index in [1.165, 1.54) is 10.6 Å². The van der Waals surface area contributed by atoms with E-state index < -0.39 is 11.6 Å². The van der Waals surface area contributed by atoms with Crippen molar-refractivity contribution in [1.82, 2.24) is 9.55 Å². The predicted molar refractivity (Wildman–Crippen MR) is 86.1 cm³/mol. The number of nitrogens with one attached hydrogen (secondary N) is 1. The second kappa shape index (κ2) is 5.09. The molecule has 0 bridgehead atoms. The Morgan fingerprint density at radius 1 is 1.20 bits per heavy atom. The first-order valence-corrected chi connectivity index (χ1v) is 7.39. The van der Waals surface area contributed by atoms with Crippen LogP contribution < -0.4 is 0 Å². The average molecular weight is 423 g/mol. The van der Waals surface area contributed by atoms with Crippen LogP contribution in [-0.4, -0.2) is 9.55 Å². The fraction of sp³-hybridized carbons (Fsp3) is 0. The van der Waals surface area contributed by atoms with Crippen molar-refractivity contribution in [2.75, 3.05) is 0 Å². The van der Waals surface area contributed by atoms with E-state index in [9.17, 15) is 8.78 Å². The van der Waals surface area contributed by atoms with Gasteiger partial charge in [0, 0.05) is 15.7 Å². The van der Waals surface area contributed by atoms with Crippen molar-refractivity contribution in [2.24, 2.45) is 0 Å². The predicted octanol–water partition coefficient (Wildman–Crippen LogP) is 5.22. The first-order valence-electron chi connectivity index (χ1n) is 5.52. The lowest BCUT2D eigenvalue weighted by Gasteiger charge is -2.07. The maximum Gasteiger partial charge on any atom is 0.182 e. The number of hydrogen-bond acceptors (Lipinski definition) is 1. The Kier molecular flexibility index (Phi) is 3.55. The smallest absolute Gasteiger partial charge is 0.182 e. The van der Waals surface area contributed by atoms with Crippen molar-refractivity contribution < 1.29 is 8.78 Å². The molecule has 20 heavy (non-hydrogen) atoms. The third kappa shape index (κ3) is 2.25. The molecule has 2 aromatic carbocycles. The van der Waals surface area contributed by atoms with Crippen LogP contribution >= 0.6 is 46.4 Å². The number of hydrogen-bond donors (Lipinski definition) is 1. The zero-order valence-corrected chi connectivity index (χ0v) is 13.5. The molecule has 102 valence electrons. The van der Waals surface area contributed by atoms with Gasteiger partial charge in [-0.3, -0.25) is 4.57 Å². The molecule has 0 spiro atoms. The summed E-state index contributed by atoms with van der Waals surface area (Å²) >= 11 is 13.5. The number of fused-ring (bicyclic) bond motifs is 1. The minimum absolute atomic E-state index is 0.158. The van der Waals surface area contributed by atoms with Crippen LogP contribution in [0.3, 0.4) is 0 Å². The van der Waals surface area contributed by atoms with Gasteiger partial charge in [0.05, 0.1) is 16.2 Å². The number of benzene rings is 2. The summed E-state index contributed by atoms with van der Waals surface area (Å²) in [5.74, 6) is -1.36. The third-order valence-corrected chi connectivity index (χ3v) is 4.12. The average Bonchev–Trinajstić information content (AvgIpc) is 2.67. The van der Waals surface area contributed by atoms with E-state index in [0.29, 0.717) is 16.2 Å². The van der Waals surface area contributed by atoms with Crippen molar-refractivity contribution in [3.05, 3.63) is 55.3 Å². The van der Waals surface area contributed by atoms with E-state index in [0.717, 1.165) is 9.64 Å². The highest BCUT2D eigenvalue weighted by atomic mass is 127. The zero-order valence-electron chi connectivity index (χ0n) is 9.75. The monoisotopic (exact) mass is 422 g/mol. The quantitative estimate of drug-likeness (QED) is 0.421. The molecule has 1 N–H and O–H groups in total. The number of rotatable bonds is 1. The number of H-pyrrole nitrogens is 1. The molecule has 2 nitrogen and oxygen atoms in total. The summed E-state index contributed by atoms with van der Waals surface area (Å²) in [5, 5.41) is 0.457. The standard InChI is InChI=1S/C13H6ClF2IN2S/c14-8-5-7(17)1-2-10(8)19-11-4-6(15)3-9(16)12(11)18-13(19)20/h1-5H,(H,18,20). The topological polar surface area (TPSA) is 20.7 Å². The minimum atomic E-state index is -0.688. The first-order chi connectivity index (χ1) is 9.47. The SMILES string of the molecule is Fc1cc(F)c2[nH]c(=S)n(-c3ccc(I)cc3Cl)c2c1. The van der Waals surface area contributed by atoms with Gasteiger partial charge in [0.2, 0.25) is 0 Å². The number of aromatic nitrogens is 2. The lowest BCUT2D eigenvalue weighted by Crippen LogP contribution is -1.96. The van der Waals surface area contributed by atoms with Gasteiger partial charge in [-0.05, 0) is 53.0 Å². The van der Waals surface area contributed by atoms with Gasteiger partial charge in [0.1, 0.15) is 11.3 Å². The van der Waals surface area contributed by atoms with Crippen LogP contribution in [0.25, 0.3) is 16.7 Å². The van der Waals surface area contributed by atoms with Crippen LogP contribution in [0.4, 0.5) is 8.78 Å². The first kappa shape index (κ1) is 14.0. The molecule has 0 unspecified atom stereocenters. The molecular formula is C13H6ClF2IN2S. The molecule has 0 saturated heterocycles. The molecule has 3 rings (SSSR count). The summed E-state index contributed by atoms with van der Waals surface area (Å²) in [5.41, 5.74) is 1.05. The van der Waals surface area contributed by atoms with Crippen molar-refractivity contribution in [2.45, 2.75) is 0 Å². The van der Waals surface area contributed by atoms with Crippen LogP contribution in [0.1, 0.15) is 0 Å².